The molecule has 1 aliphatic heterocycles. The molecule has 2 amide bonds. The summed E-state index contributed by atoms with van der Waals surface area (Å²) < 4.78 is 2.10. The van der Waals surface area contributed by atoms with E-state index >= 15 is 0 Å². The molecular weight excluding hydrogens is 384 g/mol. The van der Waals surface area contributed by atoms with Gasteiger partial charge in [0.15, 0.2) is 5.82 Å². The van der Waals surface area contributed by atoms with Gasteiger partial charge in [0, 0.05) is 30.9 Å². The molecule has 5 N–H and O–H groups in total. The summed E-state index contributed by atoms with van der Waals surface area (Å²) >= 11 is 0. The Morgan fingerprint density at radius 1 is 1.23 bits per heavy atom. The number of aliphatic hydroxyl groups is 1. The van der Waals surface area contributed by atoms with Crippen molar-refractivity contribution >= 4 is 23.5 Å². The molecule has 5 atom stereocenters. The van der Waals surface area contributed by atoms with Crippen LogP contribution in [0.25, 0.3) is 11.3 Å². The second kappa shape index (κ2) is 6.10. The first kappa shape index (κ1) is 18.0. The van der Waals surface area contributed by atoms with Crippen LogP contribution < -0.4 is 16.0 Å². The number of H-pyrrole nitrogens is 1. The van der Waals surface area contributed by atoms with Crippen LogP contribution in [0.1, 0.15) is 43.7 Å². The highest BCUT2D eigenvalue weighted by atomic mass is 16.3. The average Bonchev–Trinajstić information content (AvgIpc) is 3.30. The number of fused-ring (bicyclic) bond motifs is 3. The summed E-state index contributed by atoms with van der Waals surface area (Å²) in [6, 6.07) is 2.22. The molecule has 7 rings (SSSR count). The summed E-state index contributed by atoms with van der Waals surface area (Å²) in [5.74, 6) is 1.33. The number of amides is 2. The SMILES string of the molecule is CNC(=O)C(=O)Nc1nn(C2[C@@H]3CC4C[C@H]2CC(O)(C4)C3)c2c1CNc1[nH]ccc1-2. The predicted molar refractivity (Wildman–Crippen MR) is 110 cm³/mol. The molecule has 4 bridgehead atoms. The third kappa shape index (κ3) is 2.47. The zero-order valence-electron chi connectivity index (χ0n) is 16.9. The van der Waals surface area contributed by atoms with Crippen LogP contribution >= 0.6 is 0 Å². The van der Waals surface area contributed by atoms with Gasteiger partial charge in [0.1, 0.15) is 5.82 Å². The third-order valence-corrected chi connectivity index (χ3v) is 7.59. The summed E-state index contributed by atoms with van der Waals surface area (Å²) in [5.41, 5.74) is 2.40. The van der Waals surface area contributed by atoms with Crippen LogP contribution in [0.4, 0.5) is 11.6 Å². The second-order valence-electron chi connectivity index (χ2n) is 9.46. The number of anilines is 2. The first-order chi connectivity index (χ1) is 14.5. The van der Waals surface area contributed by atoms with E-state index in [9.17, 15) is 14.7 Å². The normalized spacial score (nSPS) is 32.9. The molecule has 2 aromatic heterocycles. The number of nitrogens with one attached hydrogen (secondary N) is 4. The van der Waals surface area contributed by atoms with Gasteiger partial charge in [0.25, 0.3) is 0 Å². The van der Waals surface area contributed by atoms with Crippen LogP contribution in [0, 0.1) is 17.8 Å². The molecule has 0 aromatic carbocycles. The summed E-state index contributed by atoms with van der Waals surface area (Å²) in [6.45, 7) is 0.515. The molecule has 3 heterocycles. The van der Waals surface area contributed by atoms with Gasteiger partial charge < -0.3 is 26.0 Å². The highest BCUT2D eigenvalue weighted by Crippen LogP contribution is 2.60. The number of likely N-dealkylation sites (N-methyl/N-ethyl adjacent to an activating group) is 1. The highest BCUT2D eigenvalue weighted by molar-refractivity contribution is 6.39. The van der Waals surface area contributed by atoms with Gasteiger partial charge in [-0.1, -0.05) is 0 Å². The lowest BCUT2D eigenvalue weighted by atomic mass is 9.52. The maximum atomic E-state index is 12.3. The molecule has 30 heavy (non-hydrogen) atoms. The van der Waals surface area contributed by atoms with Crippen molar-refractivity contribution in [3.8, 4) is 11.3 Å². The summed E-state index contributed by atoms with van der Waals surface area (Å²) in [7, 11) is 1.43. The van der Waals surface area contributed by atoms with Crippen LogP contribution in [0.3, 0.4) is 0 Å². The molecule has 4 aliphatic carbocycles. The maximum absolute atomic E-state index is 12.3. The molecule has 4 saturated carbocycles. The Morgan fingerprint density at radius 2 is 2.00 bits per heavy atom. The highest BCUT2D eigenvalue weighted by Gasteiger charge is 2.56. The van der Waals surface area contributed by atoms with Crippen molar-refractivity contribution in [2.24, 2.45) is 17.8 Å². The van der Waals surface area contributed by atoms with Gasteiger partial charge >= 0.3 is 11.8 Å². The first-order valence-corrected chi connectivity index (χ1v) is 10.7. The van der Waals surface area contributed by atoms with E-state index in [-0.39, 0.29) is 6.04 Å². The Kier molecular flexibility index (Phi) is 3.66. The number of carbonyl (C=O) groups is 2. The molecule has 2 aromatic rings. The van der Waals surface area contributed by atoms with Crippen molar-refractivity contribution in [3.63, 3.8) is 0 Å². The van der Waals surface area contributed by atoms with Gasteiger partial charge in [-0.3, -0.25) is 14.3 Å². The molecule has 5 aliphatic rings. The molecule has 0 spiro atoms. The third-order valence-electron chi connectivity index (χ3n) is 7.59. The van der Waals surface area contributed by atoms with E-state index in [1.165, 1.54) is 7.05 Å². The predicted octanol–water partition coefficient (Wildman–Crippen LogP) is 1.60. The second-order valence-corrected chi connectivity index (χ2v) is 9.46. The number of aromatic nitrogens is 3. The zero-order valence-corrected chi connectivity index (χ0v) is 16.9. The van der Waals surface area contributed by atoms with E-state index in [1.54, 1.807) is 0 Å². The van der Waals surface area contributed by atoms with Crippen molar-refractivity contribution in [3.05, 3.63) is 17.8 Å². The lowest BCUT2D eigenvalue weighted by molar-refractivity contribution is -0.148. The minimum atomic E-state index is -0.718. The van der Waals surface area contributed by atoms with Crippen molar-refractivity contribution in [2.45, 2.75) is 50.3 Å². The van der Waals surface area contributed by atoms with E-state index in [2.05, 4.69) is 25.6 Å². The number of aromatic amines is 1. The van der Waals surface area contributed by atoms with Crippen LogP contribution in [0.15, 0.2) is 12.3 Å². The van der Waals surface area contributed by atoms with Gasteiger partial charge in [0.05, 0.1) is 17.3 Å². The van der Waals surface area contributed by atoms with Crippen LogP contribution in [-0.4, -0.2) is 44.3 Å². The van der Waals surface area contributed by atoms with Crippen molar-refractivity contribution in [2.75, 3.05) is 17.7 Å². The number of hydrogen-bond acceptors (Lipinski definition) is 5. The van der Waals surface area contributed by atoms with Gasteiger partial charge in [0.2, 0.25) is 0 Å². The fraction of sp³-hybridized carbons (Fsp3) is 0.571. The summed E-state index contributed by atoms with van der Waals surface area (Å²) in [6.07, 6.45) is 6.71. The van der Waals surface area contributed by atoms with Crippen LogP contribution in [0.5, 0.6) is 0 Å². The van der Waals surface area contributed by atoms with E-state index in [1.807, 2.05) is 12.3 Å². The Balaban J connectivity index is 1.45. The number of hydrogen-bond donors (Lipinski definition) is 5. The molecule has 9 nitrogen and oxygen atoms in total. The monoisotopic (exact) mass is 410 g/mol. The quantitative estimate of drug-likeness (QED) is 0.481. The number of rotatable bonds is 2. The fourth-order valence-electron chi connectivity index (χ4n) is 6.76. The maximum Gasteiger partial charge on any atom is 0.314 e. The lowest BCUT2D eigenvalue weighted by Crippen LogP contribution is -2.55. The Labute approximate surface area is 173 Å². The van der Waals surface area contributed by atoms with E-state index < -0.39 is 17.4 Å². The minimum absolute atomic E-state index is 0.196. The first-order valence-electron chi connectivity index (χ1n) is 10.7. The molecule has 158 valence electrons. The topological polar surface area (TPSA) is 124 Å². The molecule has 9 heteroatoms. The van der Waals surface area contributed by atoms with Crippen molar-refractivity contribution in [1.29, 1.82) is 0 Å². The van der Waals surface area contributed by atoms with E-state index in [0.717, 1.165) is 54.7 Å². The van der Waals surface area contributed by atoms with Gasteiger partial charge in [-0.2, -0.15) is 5.10 Å². The van der Waals surface area contributed by atoms with Crippen molar-refractivity contribution < 1.29 is 14.7 Å². The number of carbonyl (C=O) groups excluding carboxylic acids is 2. The van der Waals surface area contributed by atoms with Gasteiger partial charge in [-0.25, -0.2) is 0 Å². The average molecular weight is 410 g/mol. The van der Waals surface area contributed by atoms with Gasteiger partial charge in [-0.05, 0) is 55.9 Å². The fourth-order valence-corrected chi connectivity index (χ4v) is 6.76. The molecule has 0 radical (unpaired) electrons. The molecule has 3 unspecified atom stereocenters. The van der Waals surface area contributed by atoms with E-state index in [4.69, 9.17) is 5.10 Å². The van der Waals surface area contributed by atoms with Crippen LogP contribution in [-0.2, 0) is 16.1 Å². The van der Waals surface area contributed by atoms with Crippen molar-refractivity contribution in [1.82, 2.24) is 20.1 Å². The standard InChI is InChI=1S/C21H26N6O3/c1-22-19(28)20(29)25-18-14-9-24-17-13(2-3-23-17)16(14)27(26-18)15-11-4-10-5-12(15)8-21(30,6-10)7-11/h2-3,10-12,15,23-24,30H,4-9H2,1H3,(H,22,28)(H,25,26,29)/t10?,11-,12+,15?,21?. The minimum Gasteiger partial charge on any atom is -0.390 e. The Bertz CT molecular complexity index is 1040. The van der Waals surface area contributed by atoms with E-state index in [0.29, 0.717) is 30.1 Å². The number of nitrogens with zero attached hydrogens (tertiary/aromatic N) is 2. The zero-order chi connectivity index (χ0) is 20.6. The van der Waals surface area contributed by atoms with Gasteiger partial charge in [-0.15, -0.1) is 0 Å². The molecule has 4 fully saturated rings. The molecule has 0 saturated heterocycles. The largest absolute Gasteiger partial charge is 0.390 e. The Hall–Kier alpha value is -2.81. The summed E-state index contributed by atoms with van der Waals surface area (Å²) in [4.78, 5) is 27.3. The lowest BCUT2D eigenvalue weighted by Gasteiger charge is -2.58. The molecular formula is C21H26N6O3. The van der Waals surface area contributed by atoms with Crippen LogP contribution in [0.2, 0.25) is 0 Å². The Morgan fingerprint density at radius 3 is 2.70 bits per heavy atom. The summed E-state index contributed by atoms with van der Waals surface area (Å²) in [5, 5.41) is 24.3. The smallest absolute Gasteiger partial charge is 0.314 e.